The molecule has 1 aliphatic heterocycles. The van der Waals surface area contributed by atoms with Crippen LogP contribution in [0.4, 0.5) is 5.82 Å². The van der Waals surface area contributed by atoms with Crippen molar-refractivity contribution in [3.63, 3.8) is 0 Å². The van der Waals surface area contributed by atoms with E-state index in [2.05, 4.69) is 15.3 Å². The van der Waals surface area contributed by atoms with Gasteiger partial charge in [-0.25, -0.2) is 0 Å². The molecule has 1 N–H and O–H groups in total. The molecule has 1 amide bonds. The third-order valence-electron chi connectivity index (χ3n) is 5.66. The van der Waals surface area contributed by atoms with Gasteiger partial charge in [0.05, 0.1) is 18.2 Å². The summed E-state index contributed by atoms with van der Waals surface area (Å²) in [7, 11) is 0. The van der Waals surface area contributed by atoms with E-state index >= 15 is 0 Å². The van der Waals surface area contributed by atoms with E-state index in [0.717, 1.165) is 30.7 Å². The number of carbonyl (C=O) groups excluding carboxylic acids is 1. The summed E-state index contributed by atoms with van der Waals surface area (Å²) < 4.78 is 6.80. The third kappa shape index (κ3) is 5.73. The zero-order valence-corrected chi connectivity index (χ0v) is 19.3. The Morgan fingerprint density at radius 2 is 2.00 bits per heavy atom. The number of ether oxygens (including phenoxy) is 1. The van der Waals surface area contributed by atoms with Crippen molar-refractivity contribution in [3.8, 4) is 11.4 Å². The maximum atomic E-state index is 12.8. The highest BCUT2D eigenvalue weighted by atomic mass is 35.5. The summed E-state index contributed by atoms with van der Waals surface area (Å²) in [6.45, 7) is 4.38. The predicted octanol–water partition coefficient (Wildman–Crippen LogP) is 3.82. The van der Waals surface area contributed by atoms with Gasteiger partial charge < -0.3 is 15.0 Å². The third-order valence-corrected chi connectivity index (χ3v) is 5.89. The standard InChI is InChI=1S/C25H27ClN4O3/c1-2-33-22-10-8-18(9-11-22)16-27-25(32)19-5-4-14-29(17-19)23-12-13-24(31)30(28-23)21-7-3-6-20(26)15-21/h3,6-13,15,19H,2,4-5,14,16-17H2,1H3,(H,27,32). The minimum Gasteiger partial charge on any atom is -0.494 e. The second-order valence-electron chi connectivity index (χ2n) is 8.00. The molecule has 172 valence electrons. The van der Waals surface area contributed by atoms with Gasteiger partial charge in [0.2, 0.25) is 5.91 Å². The van der Waals surface area contributed by atoms with Crippen molar-refractivity contribution in [1.82, 2.24) is 15.1 Å². The molecule has 7 nitrogen and oxygen atoms in total. The number of aromatic nitrogens is 2. The van der Waals surface area contributed by atoms with Gasteiger partial charge in [-0.15, -0.1) is 5.10 Å². The second-order valence-corrected chi connectivity index (χ2v) is 8.44. The molecule has 0 bridgehead atoms. The Morgan fingerprint density at radius 1 is 1.18 bits per heavy atom. The maximum Gasteiger partial charge on any atom is 0.271 e. The fourth-order valence-corrected chi connectivity index (χ4v) is 4.15. The lowest BCUT2D eigenvalue weighted by Gasteiger charge is -2.33. The molecule has 1 aromatic heterocycles. The molecule has 3 aromatic rings. The highest BCUT2D eigenvalue weighted by Crippen LogP contribution is 2.22. The van der Waals surface area contributed by atoms with Crippen molar-refractivity contribution in [1.29, 1.82) is 0 Å². The minimum atomic E-state index is -0.234. The molecule has 33 heavy (non-hydrogen) atoms. The highest BCUT2D eigenvalue weighted by molar-refractivity contribution is 6.30. The summed E-state index contributed by atoms with van der Waals surface area (Å²) in [6.07, 6.45) is 1.69. The minimum absolute atomic E-state index is 0.0248. The Labute approximate surface area is 197 Å². The molecule has 0 spiro atoms. The Balaban J connectivity index is 1.41. The van der Waals surface area contributed by atoms with Crippen LogP contribution in [0.3, 0.4) is 0 Å². The first-order valence-corrected chi connectivity index (χ1v) is 11.5. The molecule has 1 atom stereocenters. The molecule has 2 heterocycles. The van der Waals surface area contributed by atoms with Crippen LogP contribution < -0.4 is 20.5 Å². The fourth-order valence-electron chi connectivity index (χ4n) is 3.97. The van der Waals surface area contributed by atoms with Crippen LogP contribution in [0.1, 0.15) is 25.3 Å². The topological polar surface area (TPSA) is 76.5 Å². The highest BCUT2D eigenvalue weighted by Gasteiger charge is 2.26. The van der Waals surface area contributed by atoms with Gasteiger partial charge in [-0.2, -0.15) is 4.68 Å². The van der Waals surface area contributed by atoms with Gasteiger partial charge in [0, 0.05) is 30.7 Å². The first-order valence-electron chi connectivity index (χ1n) is 11.1. The molecule has 4 rings (SSSR count). The molecular formula is C25H27ClN4O3. The molecule has 0 aliphatic carbocycles. The van der Waals surface area contributed by atoms with E-state index in [-0.39, 0.29) is 17.4 Å². The van der Waals surface area contributed by atoms with E-state index in [1.165, 1.54) is 10.7 Å². The van der Waals surface area contributed by atoms with E-state index in [4.69, 9.17) is 16.3 Å². The van der Waals surface area contributed by atoms with Crippen molar-refractivity contribution in [2.45, 2.75) is 26.3 Å². The van der Waals surface area contributed by atoms with Crippen molar-refractivity contribution in [2.75, 3.05) is 24.6 Å². The average Bonchev–Trinajstić information content (AvgIpc) is 2.84. The predicted molar refractivity (Wildman–Crippen MR) is 129 cm³/mol. The Bertz CT molecular complexity index is 1160. The van der Waals surface area contributed by atoms with E-state index in [0.29, 0.717) is 36.2 Å². The molecular weight excluding hydrogens is 440 g/mol. The van der Waals surface area contributed by atoms with Crippen LogP contribution in [0.5, 0.6) is 5.75 Å². The Kier molecular flexibility index (Phi) is 7.29. The molecule has 8 heteroatoms. The SMILES string of the molecule is CCOc1ccc(CNC(=O)C2CCCN(c3ccc(=O)n(-c4cccc(Cl)c4)n3)C2)cc1. The van der Waals surface area contributed by atoms with Crippen LogP contribution in [0.25, 0.3) is 5.69 Å². The number of benzene rings is 2. The second kappa shape index (κ2) is 10.5. The Morgan fingerprint density at radius 3 is 2.76 bits per heavy atom. The smallest absolute Gasteiger partial charge is 0.271 e. The largest absolute Gasteiger partial charge is 0.494 e. The van der Waals surface area contributed by atoms with Crippen molar-refractivity contribution in [2.24, 2.45) is 5.92 Å². The number of carbonyl (C=O) groups is 1. The summed E-state index contributed by atoms with van der Waals surface area (Å²) in [5, 5.41) is 8.13. The molecule has 1 unspecified atom stereocenters. The summed E-state index contributed by atoms with van der Waals surface area (Å²) in [5.74, 6) is 1.37. The van der Waals surface area contributed by atoms with Crippen molar-refractivity contribution < 1.29 is 9.53 Å². The number of nitrogens with zero attached hydrogens (tertiary/aromatic N) is 3. The first-order chi connectivity index (χ1) is 16.0. The van der Waals surface area contributed by atoms with E-state index < -0.39 is 0 Å². The van der Waals surface area contributed by atoms with Gasteiger partial charge in [-0.3, -0.25) is 9.59 Å². The van der Waals surface area contributed by atoms with Crippen molar-refractivity contribution >= 4 is 23.3 Å². The van der Waals surface area contributed by atoms with Gasteiger partial charge >= 0.3 is 0 Å². The van der Waals surface area contributed by atoms with Crippen LogP contribution in [0.15, 0.2) is 65.5 Å². The fraction of sp³-hybridized carbons (Fsp3) is 0.320. The number of hydrogen-bond acceptors (Lipinski definition) is 5. The molecule has 1 saturated heterocycles. The van der Waals surface area contributed by atoms with Gasteiger partial charge in [-0.1, -0.05) is 29.8 Å². The zero-order valence-electron chi connectivity index (χ0n) is 18.5. The van der Waals surface area contributed by atoms with Crippen LogP contribution in [-0.2, 0) is 11.3 Å². The van der Waals surface area contributed by atoms with Crippen LogP contribution in [0.2, 0.25) is 5.02 Å². The van der Waals surface area contributed by atoms with Crippen LogP contribution in [0, 0.1) is 5.92 Å². The molecule has 0 saturated carbocycles. The lowest BCUT2D eigenvalue weighted by atomic mass is 9.97. The van der Waals surface area contributed by atoms with E-state index in [9.17, 15) is 9.59 Å². The molecule has 1 fully saturated rings. The summed E-state index contributed by atoms with van der Waals surface area (Å²) in [6, 6.07) is 18.0. The van der Waals surface area contributed by atoms with Crippen LogP contribution in [-0.4, -0.2) is 35.4 Å². The number of hydrogen-bond donors (Lipinski definition) is 1. The molecule has 2 aromatic carbocycles. The average molecular weight is 467 g/mol. The van der Waals surface area contributed by atoms with Gasteiger partial charge in [0.15, 0.2) is 0 Å². The van der Waals surface area contributed by atoms with Gasteiger partial charge in [-0.05, 0) is 61.7 Å². The normalized spacial score (nSPS) is 15.8. The summed E-state index contributed by atoms with van der Waals surface area (Å²) in [4.78, 5) is 27.3. The van der Waals surface area contributed by atoms with Crippen molar-refractivity contribution in [3.05, 3.63) is 81.6 Å². The maximum absolute atomic E-state index is 12.8. The monoisotopic (exact) mass is 466 g/mol. The molecule has 0 radical (unpaired) electrons. The molecule has 1 aliphatic rings. The Hall–Kier alpha value is -3.32. The van der Waals surface area contributed by atoms with E-state index in [1.54, 1.807) is 30.3 Å². The number of piperidine rings is 1. The lowest BCUT2D eigenvalue weighted by Crippen LogP contribution is -2.43. The zero-order chi connectivity index (χ0) is 23.2. The lowest BCUT2D eigenvalue weighted by molar-refractivity contribution is -0.125. The van der Waals surface area contributed by atoms with E-state index in [1.807, 2.05) is 31.2 Å². The van der Waals surface area contributed by atoms with Gasteiger partial charge in [0.1, 0.15) is 11.6 Å². The quantitative estimate of drug-likeness (QED) is 0.573. The number of amides is 1. The number of anilines is 1. The first kappa shape index (κ1) is 22.9. The van der Waals surface area contributed by atoms with Gasteiger partial charge in [0.25, 0.3) is 5.56 Å². The number of rotatable bonds is 7. The van der Waals surface area contributed by atoms with Crippen LogP contribution >= 0.6 is 11.6 Å². The summed E-state index contributed by atoms with van der Waals surface area (Å²) in [5.41, 5.74) is 1.40. The summed E-state index contributed by atoms with van der Waals surface area (Å²) >= 11 is 6.08. The number of halogens is 1. The number of nitrogens with one attached hydrogen (secondary N) is 1.